The van der Waals surface area contributed by atoms with Gasteiger partial charge < -0.3 is 19.5 Å². The van der Waals surface area contributed by atoms with E-state index >= 15 is 0 Å². The van der Waals surface area contributed by atoms with Gasteiger partial charge in [-0.15, -0.1) is 0 Å². The second-order valence-corrected chi connectivity index (χ2v) is 6.54. The lowest BCUT2D eigenvalue weighted by Crippen LogP contribution is -2.52. The highest BCUT2D eigenvalue weighted by molar-refractivity contribution is 5.74. The first-order chi connectivity index (χ1) is 12.0. The number of ether oxygens (including phenoxy) is 1. The minimum atomic E-state index is -0.349. The molecule has 0 bridgehead atoms. The van der Waals surface area contributed by atoms with E-state index in [0.717, 1.165) is 5.56 Å². The fraction of sp³-hybridized carbons (Fsp3) is 0.500. The van der Waals surface area contributed by atoms with Crippen LogP contribution < -0.4 is 5.32 Å². The third kappa shape index (κ3) is 4.57. The number of morpholine rings is 1. The van der Waals surface area contributed by atoms with Crippen molar-refractivity contribution < 1.29 is 14.1 Å². The maximum absolute atomic E-state index is 12.4. The lowest BCUT2D eigenvalue weighted by molar-refractivity contribution is -0.0548. The second-order valence-electron chi connectivity index (χ2n) is 6.54. The molecule has 7 heteroatoms. The molecule has 0 unspecified atom stereocenters. The van der Waals surface area contributed by atoms with Crippen LogP contribution in [0.5, 0.6) is 0 Å². The van der Waals surface area contributed by atoms with Crippen LogP contribution in [0.2, 0.25) is 0 Å². The first-order valence-corrected chi connectivity index (χ1v) is 8.58. The molecular formula is C18H24N4O3. The lowest BCUT2D eigenvalue weighted by Gasteiger charge is -2.35. The van der Waals surface area contributed by atoms with Gasteiger partial charge in [-0.1, -0.05) is 35.5 Å². The summed E-state index contributed by atoms with van der Waals surface area (Å²) in [4.78, 5) is 18.6. The quantitative estimate of drug-likeness (QED) is 0.922. The van der Waals surface area contributed by atoms with Gasteiger partial charge in [0, 0.05) is 19.5 Å². The van der Waals surface area contributed by atoms with Gasteiger partial charge in [-0.25, -0.2) is 4.79 Å². The molecule has 2 heterocycles. The fourth-order valence-corrected chi connectivity index (χ4v) is 2.98. The van der Waals surface area contributed by atoms with Crippen LogP contribution in [0.3, 0.4) is 0 Å². The summed E-state index contributed by atoms with van der Waals surface area (Å²) < 4.78 is 11.0. The number of carbonyl (C=O) groups excluding carboxylic acids is 1. The van der Waals surface area contributed by atoms with Crippen molar-refractivity contribution in [3.63, 3.8) is 0 Å². The van der Waals surface area contributed by atoms with Gasteiger partial charge >= 0.3 is 6.03 Å². The number of urea groups is 1. The van der Waals surface area contributed by atoms with Crippen LogP contribution in [0.25, 0.3) is 0 Å². The molecule has 0 radical (unpaired) electrons. The second kappa shape index (κ2) is 7.65. The molecule has 1 saturated heterocycles. The molecular weight excluding hydrogens is 320 g/mol. The van der Waals surface area contributed by atoms with Crippen LogP contribution in [0.15, 0.2) is 34.9 Å². The van der Waals surface area contributed by atoms with Crippen LogP contribution in [0.1, 0.15) is 44.1 Å². The van der Waals surface area contributed by atoms with Gasteiger partial charge in [0.25, 0.3) is 0 Å². The van der Waals surface area contributed by atoms with E-state index in [2.05, 4.69) is 15.5 Å². The van der Waals surface area contributed by atoms with E-state index in [1.54, 1.807) is 4.90 Å². The SMILES string of the molecule is C[C@@H]1CN(C(=O)N[C@H](C)c2nc(Cc3ccccc3)no2)C[C@@H](C)O1. The average Bonchev–Trinajstić information content (AvgIpc) is 3.03. The largest absolute Gasteiger partial charge is 0.372 e. The van der Waals surface area contributed by atoms with Crippen LogP contribution in [-0.2, 0) is 11.2 Å². The zero-order valence-corrected chi connectivity index (χ0v) is 14.8. The molecule has 2 amide bonds. The summed E-state index contributed by atoms with van der Waals surface area (Å²) in [6, 6.07) is 9.46. The molecule has 2 aromatic rings. The zero-order chi connectivity index (χ0) is 17.8. The molecule has 3 rings (SSSR count). The molecule has 1 aromatic carbocycles. The van der Waals surface area contributed by atoms with Gasteiger partial charge in [-0.3, -0.25) is 0 Å². The Kier molecular flexibility index (Phi) is 5.33. The number of rotatable bonds is 4. The molecule has 1 fully saturated rings. The maximum Gasteiger partial charge on any atom is 0.318 e. The smallest absolute Gasteiger partial charge is 0.318 e. The van der Waals surface area contributed by atoms with Crippen molar-refractivity contribution in [1.82, 2.24) is 20.4 Å². The van der Waals surface area contributed by atoms with Crippen molar-refractivity contribution >= 4 is 6.03 Å². The van der Waals surface area contributed by atoms with Crippen molar-refractivity contribution in [2.75, 3.05) is 13.1 Å². The van der Waals surface area contributed by atoms with E-state index in [0.29, 0.717) is 31.2 Å². The Morgan fingerprint density at radius 3 is 2.64 bits per heavy atom. The van der Waals surface area contributed by atoms with E-state index in [1.165, 1.54) is 0 Å². The summed E-state index contributed by atoms with van der Waals surface area (Å²) in [7, 11) is 0. The molecule has 134 valence electrons. The highest BCUT2D eigenvalue weighted by Gasteiger charge is 2.27. The minimum Gasteiger partial charge on any atom is -0.372 e. The van der Waals surface area contributed by atoms with Gasteiger partial charge in [0.1, 0.15) is 6.04 Å². The predicted octanol–water partition coefficient (Wildman–Crippen LogP) is 2.54. The van der Waals surface area contributed by atoms with Gasteiger partial charge in [-0.05, 0) is 26.3 Å². The first-order valence-electron chi connectivity index (χ1n) is 8.58. The number of nitrogens with one attached hydrogen (secondary N) is 1. The van der Waals surface area contributed by atoms with Crippen molar-refractivity contribution in [1.29, 1.82) is 0 Å². The zero-order valence-electron chi connectivity index (χ0n) is 14.8. The predicted molar refractivity (Wildman–Crippen MR) is 92.1 cm³/mol. The number of hydrogen-bond acceptors (Lipinski definition) is 5. The van der Waals surface area contributed by atoms with E-state index in [1.807, 2.05) is 51.1 Å². The van der Waals surface area contributed by atoms with Crippen molar-refractivity contribution in [2.24, 2.45) is 0 Å². The van der Waals surface area contributed by atoms with Gasteiger partial charge in [0.15, 0.2) is 5.82 Å². The summed E-state index contributed by atoms with van der Waals surface area (Å²) in [6.45, 7) is 6.92. The van der Waals surface area contributed by atoms with Crippen molar-refractivity contribution in [3.8, 4) is 0 Å². The monoisotopic (exact) mass is 344 g/mol. The van der Waals surface area contributed by atoms with E-state index < -0.39 is 0 Å². The Labute approximate surface area is 147 Å². The molecule has 1 N–H and O–H groups in total. The summed E-state index contributed by atoms with van der Waals surface area (Å²) in [5.41, 5.74) is 1.11. The molecule has 1 aromatic heterocycles. The van der Waals surface area contributed by atoms with Gasteiger partial charge in [0.2, 0.25) is 5.89 Å². The first kappa shape index (κ1) is 17.4. The molecule has 0 aliphatic carbocycles. The Hall–Kier alpha value is -2.41. The number of benzene rings is 1. The summed E-state index contributed by atoms with van der Waals surface area (Å²) in [5.74, 6) is 1.02. The Bertz CT molecular complexity index is 693. The van der Waals surface area contributed by atoms with E-state index in [4.69, 9.17) is 9.26 Å². The number of hydrogen-bond donors (Lipinski definition) is 1. The normalized spacial score (nSPS) is 21.8. The third-order valence-electron chi connectivity index (χ3n) is 4.11. The third-order valence-corrected chi connectivity index (χ3v) is 4.11. The average molecular weight is 344 g/mol. The highest BCUT2D eigenvalue weighted by Crippen LogP contribution is 2.15. The van der Waals surface area contributed by atoms with Gasteiger partial charge in [0.05, 0.1) is 12.2 Å². The number of amides is 2. The van der Waals surface area contributed by atoms with E-state index in [-0.39, 0.29) is 24.3 Å². The molecule has 1 aliphatic rings. The lowest BCUT2D eigenvalue weighted by atomic mass is 10.1. The standard InChI is InChI=1S/C18H24N4O3/c1-12-10-22(11-13(2)24-12)18(23)19-14(3)17-20-16(21-25-17)9-15-7-5-4-6-8-15/h4-8,12-14H,9-11H2,1-3H3,(H,19,23)/t12-,13-,14-/m1/s1. The Balaban J connectivity index is 1.58. The molecule has 0 spiro atoms. The maximum atomic E-state index is 12.4. The Morgan fingerprint density at radius 1 is 1.28 bits per heavy atom. The summed E-state index contributed by atoms with van der Waals surface area (Å²) >= 11 is 0. The van der Waals surface area contributed by atoms with Crippen molar-refractivity contribution in [3.05, 3.63) is 47.6 Å². The van der Waals surface area contributed by atoms with Crippen LogP contribution in [-0.4, -0.2) is 46.4 Å². The Morgan fingerprint density at radius 2 is 1.96 bits per heavy atom. The topological polar surface area (TPSA) is 80.5 Å². The molecule has 25 heavy (non-hydrogen) atoms. The van der Waals surface area contributed by atoms with Crippen LogP contribution >= 0.6 is 0 Å². The number of carbonyl (C=O) groups is 1. The molecule has 1 aliphatic heterocycles. The molecule has 7 nitrogen and oxygen atoms in total. The summed E-state index contributed by atoms with van der Waals surface area (Å²) in [5, 5.41) is 6.92. The molecule has 3 atom stereocenters. The fourth-order valence-electron chi connectivity index (χ4n) is 2.98. The molecule has 0 saturated carbocycles. The van der Waals surface area contributed by atoms with Gasteiger partial charge in [-0.2, -0.15) is 4.98 Å². The van der Waals surface area contributed by atoms with Crippen LogP contribution in [0, 0.1) is 0 Å². The summed E-state index contributed by atoms with van der Waals surface area (Å²) in [6.07, 6.45) is 0.667. The number of aromatic nitrogens is 2. The minimum absolute atomic E-state index is 0.0330. The number of nitrogens with zero attached hydrogens (tertiary/aromatic N) is 3. The van der Waals surface area contributed by atoms with Crippen molar-refractivity contribution in [2.45, 2.75) is 45.4 Å². The van der Waals surface area contributed by atoms with E-state index in [9.17, 15) is 4.79 Å². The van der Waals surface area contributed by atoms with Crippen LogP contribution in [0.4, 0.5) is 4.79 Å². The highest BCUT2D eigenvalue weighted by atomic mass is 16.5.